The van der Waals surface area contributed by atoms with E-state index in [1.54, 1.807) is 0 Å². The summed E-state index contributed by atoms with van der Waals surface area (Å²) in [6.45, 7) is 6.30. The first-order valence-electron chi connectivity index (χ1n) is 5.15. The van der Waals surface area contributed by atoms with Crippen LogP contribution in [0.25, 0.3) is 0 Å². The number of furan rings is 1. The summed E-state index contributed by atoms with van der Waals surface area (Å²) in [7, 11) is 0. The standard InChI is InChI=1S/C12H16O2/c1-12(2,3)11-7-8-9(13)5-4-6-10(8)14-11/h7H,4-6H2,1-3H3. The van der Waals surface area contributed by atoms with Crippen molar-refractivity contribution >= 4 is 5.78 Å². The van der Waals surface area contributed by atoms with E-state index in [0.29, 0.717) is 6.42 Å². The molecule has 2 heteroatoms. The maximum absolute atomic E-state index is 11.6. The Morgan fingerprint density at radius 1 is 1.29 bits per heavy atom. The molecule has 0 unspecified atom stereocenters. The van der Waals surface area contributed by atoms with Crippen molar-refractivity contribution in [1.29, 1.82) is 0 Å². The monoisotopic (exact) mass is 192 g/mol. The third-order valence-corrected chi connectivity index (χ3v) is 2.66. The number of hydrogen-bond donors (Lipinski definition) is 0. The molecule has 0 N–H and O–H groups in total. The number of ketones is 1. The van der Waals surface area contributed by atoms with Crippen LogP contribution in [0.2, 0.25) is 0 Å². The summed E-state index contributed by atoms with van der Waals surface area (Å²) in [5.41, 5.74) is 0.818. The van der Waals surface area contributed by atoms with Crippen molar-refractivity contribution in [2.75, 3.05) is 0 Å². The third-order valence-electron chi connectivity index (χ3n) is 2.66. The topological polar surface area (TPSA) is 30.2 Å². The molecule has 0 aromatic carbocycles. The Bertz CT molecular complexity index is 366. The van der Waals surface area contributed by atoms with Gasteiger partial charge in [0.25, 0.3) is 0 Å². The van der Waals surface area contributed by atoms with Crippen LogP contribution in [-0.2, 0) is 11.8 Å². The Morgan fingerprint density at radius 3 is 2.57 bits per heavy atom. The smallest absolute Gasteiger partial charge is 0.166 e. The predicted octanol–water partition coefficient (Wildman–Crippen LogP) is 3.10. The van der Waals surface area contributed by atoms with Crippen molar-refractivity contribution in [3.8, 4) is 0 Å². The highest BCUT2D eigenvalue weighted by Gasteiger charge is 2.26. The number of Topliss-reactive ketones (excluding diaryl/α,β-unsaturated/α-hetero) is 1. The molecular formula is C12H16O2. The molecule has 0 fully saturated rings. The highest BCUT2D eigenvalue weighted by atomic mass is 16.3. The van der Waals surface area contributed by atoms with Crippen LogP contribution >= 0.6 is 0 Å². The zero-order valence-electron chi connectivity index (χ0n) is 9.02. The maximum Gasteiger partial charge on any atom is 0.166 e. The van der Waals surface area contributed by atoms with Crippen molar-refractivity contribution in [3.05, 3.63) is 23.2 Å². The van der Waals surface area contributed by atoms with Crippen LogP contribution in [0.5, 0.6) is 0 Å². The lowest BCUT2D eigenvalue weighted by molar-refractivity contribution is 0.0969. The van der Waals surface area contributed by atoms with E-state index < -0.39 is 0 Å². The molecule has 1 aliphatic carbocycles. The molecule has 76 valence electrons. The van der Waals surface area contributed by atoms with Crippen molar-refractivity contribution in [3.63, 3.8) is 0 Å². The highest BCUT2D eigenvalue weighted by Crippen LogP contribution is 2.31. The third kappa shape index (κ3) is 1.49. The number of carbonyl (C=O) groups excluding carboxylic acids is 1. The number of hydrogen-bond acceptors (Lipinski definition) is 2. The summed E-state index contributed by atoms with van der Waals surface area (Å²) < 4.78 is 5.72. The van der Waals surface area contributed by atoms with Gasteiger partial charge in [-0.3, -0.25) is 4.79 Å². The first kappa shape index (κ1) is 9.50. The second-order valence-corrected chi connectivity index (χ2v) is 4.97. The lowest BCUT2D eigenvalue weighted by Crippen LogP contribution is -2.09. The highest BCUT2D eigenvalue weighted by molar-refractivity contribution is 5.98. The molecule has 1 heterocycles. The number of rotatable bonds is 0. The van der Waals surface area contributed by atoms with Gasteiger partial charge in [-0.1, -0.05) is 20.8 Å². The van der Waals surface area contributed by atoms with Gasteiger partial charge < -0.3 is 4.42 Å². The Hall–Kier alpha value is -1.05. The molecule has 0 radical (unpaired) electrons. The summed E-state index contributed by atoms with van der Waals surface area (Å²) >= 11 is 0. The van der Waals surface area contributed by atoms with E-state index in [0.717, 1.165) is 29.9 Å². The van der Waals surface area contributed by atoms with Crippen LogP contribution in [0.3, 0.4) is 0 Å². The largest absolute Gasteiger partial charge is 0.465 e. The van der Waals surface area contributed by atoms with Gasteiger partial charge in [0.15, 0.2) is 5.78 Å². The van der Waals surface area contributed by atoms with Gasteiger partial charge in [-0.2, -0.15) is 0 Å². The fraction of sp³-hybridized carbons (Fsp3) is 0.583. The lowest BCUT2D eigenvalue weighted by Gasteiger charge is -2.13. The normalized spacial score (nSPS) is 16.9. The fourth-order valence-corrected chi connectivity index (χ4v) is 1.76. The first-order chi connectivity index (χ1) is 6.48. The van der Waals surface area contributed by atoms with E-state index in [-0.39, 0.29) is 11.2 Å². The zero-order chi connectivity index (χ0) is 10.3. The summed E-state index contributed by atoms with van der Waals surface area (Å²) in [5, 5.41) is 0. The van der Waals surface area contributed by atoms with Gasteiger partial charge in [-0.05, 0) is 12.5 Å². The van der Waals surface area contributed by atoms with Crippen LogP contribution in [0, 0.1) is 0 Å². The Morgan fingerprint density at radius 2 is 2.00 bits per heavy atom. The molecule has 0 spiro atoms. The molecule has 0 saturated carbocycles. The van der Waals surface area contributed by atoms with Gasteiger partial charge in [0.05, 0.1) is 5.56 Å². The van der Waals surface area contributed by atoms with Crippen LogP contribution in [0.15, 0.2) is 10.5 Å². The molecule has 1 aromatic rings. The molecular weight excluding hydrogens is 176 g/mol. The Labute approximate surface area is 84.3 Å². The molecule has 0 atom stereocenters. The van der Waals surface area contributed by atoms with Crippen molar-refractivity contribution < 1.29 is 9.21 Å². The van der Waals surface area contributed by atoms with E-state index in [4.69, 9.17) is 4.42 Å². The molecule has 14 heavy (non-hydrogen) atoms. The van der Waals surface area contributed by atoms with Crippen molar-refractivity contribution in [1.82, 2.24) is 0 Å². The minimum atomic E-state index is -0.00236. The van der Waals surface area contributed by atoms with E-state index in [9.17, 15) is 4.79 Å². The molecule has 0 aliphatic heterocycles. The van der Waals surface area contributed by atoms with Gasteiger partial charge in [-0.25, -0.2) is 0 Å². The number of fused-ring (bicyclic) bond motifs is 1. The predicted molar refractivity (Wildman–Crippen MR) is 54.7 cm³/mol. The molecule has 2 rings (SSSR count). The van der Waals surface area contributed by atoms with E-state index >= 15 is 0 Å². The van der Waals surface area contributed by atoms with E-state index in [1.165, 1.54) is 0 Å². The lowest BCUT2D eigenvalue weighted by atomic mass is 9.91. The van der Waals surface area contributed by atoms with E-state index in [1.807, 2.05) is 6.07 Å². The van der Waals surface area contributed by atoms with Crippen LogP contribution in [0.4, 0.5) is 0 Å². The summed E-state index contributed by atoms with van der Waals surface area (Å²) in [5.74, 6) is 2.06. The van der Waals surface area contributed by atoms with Gasteiger partial charge in [0.1, 0.15) is 11.5 Å². The number of carbonyl (C=O) groups is 1. The van der Waals surface area contributed by atoms with Gasteiger partial charge in [0, 0.05) is 18.3 Å². The Balaban J connectivity index is 2.45. The molecule has 2 nitrogen and oxygen atoms in total. The van der Waals surface area contributed by atoms with Gasteiger partial charge >= 0.3 is 0 Å². The second-order valence-electron chi connectivity index (χ2n) is 4.97. The second kappa shape index (κ2) is 2.97. The van der Waals surface area contributed by atoms with Crippen LogP contribution < -0.4 is 0 Å². The summed E-state index contributed by atoms with van der Waals surface area (Å²) in [6, 6.07) is 1.93. The van der Waals surface area contributed by atoms with Gasteiger partial charge in [-0.15, -0.1) is 0 Å². The molecule has 1 aromatic heterocycles. The maximum atomic E-state index is 11.6. The van der Waals surface area contributed by atoms with Gasteiger partial charge in [0.2, 0.25) is 0 Å². The minimum absolute atomic E-state index is 0.00236. The van der Waals surface area contributed by atoms with Crippen LogP contribution in [0.1, 0.15) is 55.5 Å². The molecule has 0 amide bonds. The molecule has 0 saturated heterocycles. The quantitative estimate of drug-likeness (QED) is 0.632. The summed E-state index contributed by atoms with van der Waals surface area (Å²) in [6.07, 6.45) is 2.52. The first-order valence-corrected chi connectivity index (χ1v) is 5.15. The van der Waals surface area contributed by atoms with Crippen molar-refractivity contribution in [2.24, 2.45) is 0 Å². The fourth-order valence-electron chi connectivity index (χ4n) is 1.76. The van der Waals surface area contributed by atoms with E-state index in [2.05, 4.69) is 20.8 Å². The number of aryl methyl sites for hydroxylation is 1. The zero-order valence-corrected chi connectivity index (χ0v) is 9.02. The molecule has 1 aliphatic rings. The molecule has 0 bridgehead atoms. The minimum Gasteiger partial charge on any atom is -0.465 e. The van der Waals surface area contributed by atoms with Crippen LogP contribution in [-0.4, -0.2) is 5.78 Å². The Kier molecular flexibility index (Phi) is 2.02. The van der Waals surface area contributed by atoms with Crippen molar-refractivity contribution in [2.45, 2.75) is 45.4 Å². The average Bonchev–Trinajstić information content (AvgIpc) is 2.48. The average molecular weight is 192 g/mol. The SMILES string of the molecule is CC(C)(C)c1cc2c(o1)CCCC2=O. The summed E-state index contributed by atoms with van der Waals surface area (Å²) in [4.78, 5) is 11.6.